The molecule has 1 saturated carbocycles. The van der Waals surface area contributed by atoms with Crippen molar-refractivity contribution in [3.05, 3.63) is 101 Å². The maximum Gasteiger partial charge on any atom is 0.274 e. The van der Waals surface area contributed by atoms with Gasteiger partial charge in [-0.05, 0) is 48.2 Å². The highest BCUT2D eigenvalue weighted by Crippen LogP contribution is 2.42. The van der Waals surface area contributed by atoms with Crippen LogP contribution in [-0.2, 0) is 13.2 Å². The lowest BCUT2D eigenvalue weighted by Crippen LogP contribution is -2.24. The lowest BCUT2D eigenvalue weighted by molar-refractivity contribution is 0.0944. The Morgan fingerprint density at radius 2 is 1.71 bits per heavy atom. The van der Waals surface area contributed by atoms with Crippen LogP contribution < -0.4 is 14.8 Å². The summed E-state index contributed by atoms with van der Waals surface area (Å²) in [7, 11) is 1.61. The number of carbonyl (C=O) groups excluding carboxylic acids is 1. The molecule has 0 atom stereocenters. The van der Waals surface area contributed by atoms with E-state index in [1.165, 1.54) is 0 Å². The summed E-state index contributed by atoms with van der Waals surface area (Å²) in [6.07, 6.45) is 2.09. The van der Waals surface area contributed by atoms with Crippen LogP contribution in [0.4, 0.5) is 0 Å². The average Bonchev–Trinajstić information content (AvgIpc) is 3.64. The molecule has 1 N–H and O–H groups in total. The summed E-state index contributed by atoms with van der Waals surface area (Å²) in [4.78, 5) is 13.0. The lowest BCUT2D eigenvalue weighted by atomic mass is 10.1. The Morgan fingerprint density at radius 3 is 2.41 bits per heavy atom. The lowest BCUT2D eigenvalue weighted by Gasteiger charge is -2.13. The molecule has 3 aromatic carbocycles. The highest BCUT2D eigenvalue weighted by atomic mass is 16.5. The zero-order valence-electron chi connectivity index (χ0n) is 19.0. The summed E-state index contributed by atoms with van der Waals surface area (Å²) in [6.45, 7) is 0.796. The van der Waals surface area contributed by atoms with Gasteiger partial charge in [0.25, 0.3) is 5.91 Å². The van der Waals surface area contributed by atoms with E-state index in [9.17, 15) is 4.79 Å². The fourth-order valence-corrected chi connectivity index (χ4v) is 3.88. The summed E-state index contributed by atoms with van der Waals surface area (Å²) < 4.78 is 13.2. The minimum Gasteiger partial charge on any atom is -0.493 e. The van der Waals surface area contributed by atoms with Crippen LogP contribution in [0.25, 0.3) is 5.69 Å². The summed E-state index contributed by atoms with van der Waals surface area (Å²) in [6, 6.07) is 25.4. The summed E-state index contributed by atoms with van der Waals surface area (Å²) in [5.41, 5.74) is 4.16. The zero-order chi connectivity index (χ0) is 23.3. The van der Waals surface area contributed by atoms with E-state index in [0.29, 0.717) is 36.3 Å². The smallest absolute Gasteiger partial charge is 0.274 e. The Labute approximate surface area is 198 Å². The van der Waals surface area contributed by atoms with Crippen LogP contribution in [0, 0.1) is 0 Å². The predicted octanol–water partition coefficient (Wildman–Crippen LogP) is 4.66. The first-order valence-corrected chi connectivity index (χ1v) is 11.4. The van der Waals surface area contributed by atoms with E-state index in [2.05, 4.69) is 15.6 Å². The molecule has 7 heteroatoms. The van der Waals surface area contributed by atoms with Crippen molar-refractivity contribution in [1.82, 2.24) is 20.3 Å². The topological polar surface area (TPSA) is 78.3 Å². The second-order valence-electron chi connectivity index (χ2n) is 8.29. The number of para-hydroxylation sites is 1. The molecule has 0 spiro atoms. The fourth-order valence-electron chi connectivity index (χ4n) is 3.88. The molecular weight excluding hydrogens is 428 g/mol. The van der Waals surface area contributed by atoms with Gasteiger partial charge in [0.2, 0.25) is 0 Å². The van der Waals surface area contributed by atoms with Gasteiger partial charge in [-0.25, -0.2) is 4.68 Å². The minimum atomic E-state index is -0.229. The molecule has 5 rings (SSSR count). The van der Waals surface area contributed by atoms with Gasteiger partial charge in [-0.1, -0.05) is 59.8 Å². The van der Waals surface area contributed by atoms with E-state index in [0.717, 1.165) is 35.3 Å². The second kappa shape index (κ2) is 9.79. The number of nitrogens with one attached hydrogen (secondary N) is 1. The SMILES string of the molecule is COc1cc(CNC(=O)c2nnn(-c3ccccc3)c2C2CC2)ccc1OCc1ccccc1. The number of carbonyl (C=O) groups is 1. The molecule has 172 valence electrons. The van der Waals surface area contributed by atoms with E-state index in [1.54, 1.807) is 11.8 Å². The molecule has 0 unspecified atom stereocenters. The van der Waals surface area contributed by atoms with Gasteiger partial charge in [0.15, 0.2) is 17.2 Å². The number of benzene rings is 3. The van der Waals surface area contributed by atoms with Crippen molar-refractivity contribution in [3.8, 4) is 17.2 Å². The molecule has 1 aliphatic rings. The van der Waals surface area contributed by atoms with Crippen molar-refractivity contribution >= 4 is 5.91 Å². The number of hydrogen-bond donors (Lipinski definition) is 1. The second-order valence-corrected chi connectivity index (χ2v) is 8.29. The number of rotatable bonds is 9. The Bertz CT molecular complexity index is 1270. The van der Waals surface area contributed by atoms with Crippen LogP contribution >= 0.6 is 0 Å². The largest absolute Gasteiger partial charge is 0.493 e. The molecular formula is C27H26N4O3. The molecule has 1 fully saturated rings. The predicted molar refractivity (Wildman–Crippen MR) is 128 cm³/mol. The van der Waals surface area contributed by atoms with Gasteiger partial charge in [-0.3, -0.25) is 4.79 Å². The van der Waals surface area contributed by atoms with Gasteiger partial charge >= 0.3 is 0 Å². The molecule has 1 aromatic heterocycles. The number of aromatic nitrogens is 3. The van der Waals surface area contributed by atoms with Crippen LogP contribution in [0.2, 0.25) is 0 Å². The third-order valence-electron chi connectivity index (χ3n) is 5.80. The van der Waals surface area contributed by atoms with Crippen molar-refractivity contribution in [2.75, 3.05) is 7.11 Å². The molecule has 1 heterocycles. The normalized spacial score (nSPS) is 12.9. The quantitative estimate of drug-likeness (QED) is 0.398. The van der Waals surface area contributed by atoms with Crippen molar-refractivity contribution in [2.45, 2.75) is 31.9 Å². The molecule has 34 heavy (non-hydrogen) atoms. The minimum absolute atomic E-state index is 0.229. The van der Waals surface area contributed by atoms with Crippen molar-refractivity contribution in [3.63, 3.8) is 0 Å². The van der Waals surface area contributed by atoms with Crippen molar-refractivity contribution in [1.29, 1.82) is 0 Å². The van der Waals surface area contributed by atoms with Crippen LogP contribution in [0.5, 0.6) is 11.5 Å². The number of amides is 1. The number of nitrogens with zero attached hydrogens (tertiary/aromatic N) is 3. The molecule has 0 saturated heterocycles. The van der Waals surface area contributed by atoms with Gasteiger partial charge in [-0.15, -0.1) is 5.10 Å². The van der Waals surface area contributed by atoms with Crippen molar-refractivity contribution < 1.29 is 14.3 Å². The molecule has 4 aromatic rings. The third-order valence-corrected chi connectivity index (χ3v) is 5.80. The average molecular weight is 455 g/mol. The third kappa shape index (κ3) is 4.78. The maximum absolute atomic E-state index is 13.0. The van der Waals surface area contributed by atoms with E-state index in [1.807, 2.05) is 78.9 Å². The fraction of sp³-hybridized carbons (Fsp3) is 0.222. The van der Waals surface area contributed by atoms with Gasteiger partial charge in [-0.2, -0.15) is 0 Å². The standard InChI is InChI=1S/C27H26N4O3/c1-33-24-16-20(12-15-23(24)34-18-19-8-4-2-5-9-19)17-28-27(32)25-26(21-13-14-21)31(30-29-25)22-10-6-3-7-11-22/h2-12,15-16,21H,13-14,17-18H2,1H3,(H,28,32). The van der Waals surface area contributed by atoms with Crippen LogP contribution in [0.15, 0.2) is 78.9 Å². The molecule has 0 radical (unpaired) electrons. The Hall–Kier alpha value is -4.13. The highest BCUT2D eigenvalue weighted by molar-refractivity contribution is 5.93. The number of ether oxygens (including phenoxy) is 2. The van der Waals surface area contributed by atoms with Gasteiger partial charge in [0, 0.05) is 12.5 Å². The molecule has 0 bridgehead atoms. The first-order valence-electron chi connectivity index (χ1n) is 11.4. The van der Waals surface area contributed by atoms with Gasteiger partial charge < -0.3 is 14.8 Å². The Kier molecular flexibility index (Phi) is 6.25. The monoisotopic (exact) mass is 454 g/mol. The van der Waals surface area contributed by atoms with Gasteiger partial charge in [0.05, 0.1) is 18.5 Å². The van der Waals surface area contributed by atoms with Crippen LogP contribution in [0.1, 0.15) is 46.1 Å². The Morgan fingerprint density at radius 1 is 0.971 bits per heavy atom. The zero-order valence-corrected chi connectivity index (χ0v) is 19.0. The summed E-state index contributed by atoms with van der Waals surface area (Å²) in [5, 5.41) is 11.5. The first-order chi connectivity index (χ1) is 16.7. The summed E-state index contributed by atoms with van der Waals surface area (Å²) in [5.74, 6) is 1.36. The molecule has 7 nitrogen and oxygen atoms in total. The maximum atomic E-state index is 13.0. The molecule has 0 aliphatic heterocycles. The first kappa shape index (κ1) is 21.7. The van der Waals surface area contributed by atoms with Crippen LogP contribution in [-0.4, -0.2) is 28.0 Å². The highest BCUT2D eigenvalue weighted by Gasteiger charge is 2.34. The van der Waals surface area contributed by atoms with E-state index < -0.39 is 0 Å². The van der Waals surface area contributed by atoms with Gasteiger partial charge in [0.1, 0.15) is 6.61 Å². The number of hydrogen-bond acceptors (Lipinski definition) is 5. The molecule has 1 aliphatic carbocycles. The van der Waals surface area contributed by atoms with Crippen molar-refractivity contribution in [2.24, 2.45) is 0 Å². The summed E-state index contributed by atoms with van der Waals surface area (Å²) >= 11 is 0. The van der Waals surface area contributed by atoms with Crippen LogP contribution in [0.3, 0.4) is 0 Å². The van der Waals surface area contributed by atoms with E-state index >= 15 is 0 Å². The van der Waals surface area contributed by atoms with E-state index in [-0.39, 0.29) is 5.91 Å². The van der Waals surface area contributed by atoms with E-state index in [4.69, 9.17) is 9.47 Å². The molecule has 1 amide bonds. The number of methoxy groups -OCH3 is 1. The Balaban J connectivity index is 1.27.